The van der Waals surface area contributed by atoms with Gasteiger partial charge in [0.1, 0.15) is 29.8 Å². The minimum absolute atomic E-state index is 0.106. The molecule has 2 aliphatic heterocycles. The monoisotopic (exact) mass is 693 g/mol. The number of ether oxygens (including phenoxy) is 1. The average molecular weight is 695 g/mol. The van der Waals surface area contributed by atoms with E-state index < -0.39 is 41.8 Å². The molecule has 3 aromatic carbocycles. The van der Waals surface area contributed by atoms with Gasteiger partial charge in [0.05, 0.1) is 18.0 Å². The van der Waals surface area contributed by atoms with E-state index in [1.54, 1.807) is 35.2 Å². The van der Waals surface area contributed by atoms with Crippen LogP contribution in [0.15, 0.2) is 76.2 Å². The highest BCUT2D eigenvalue weighted by molar-refractivity contribution is 9.10. The molecule has 0 aromatic heterocycles. The number of carbonyl (C=O) groups is 4. The van der Waals surface area contributed by atoms with Crippen LogP contribution < -0.4 is 15.8 Å². The Morgan fingerprint density at radius 2 is 1.71 bits per heavy atom. The quantitative estimate of drug-likeness (QED) is 0.251. The molecule has 5 rings (SSSR count). The number of nitrogens with zero attached hydrogens (tertiary/aromatic N) is 3. The predicted molar refractivity (Wildman–Crippen MR) is 174 cm³/mol. The summed E-state index contributed by atoms with van der Waals surface area (Å²) in [5.41, 5.74) is 6.94. The van der Waals surface area contributed by atoms with Crippen LogP contribution in [-0.2, 0) is 9.59 Å². The minimum atomic E-state index is -0.743. The summed E-state index contributed by atoms with van der Waals surface area (Å²) in [6, 6.07) is 18.2. The van der Waals surface area contributed by atoms with Gasteiger partial charge >= 0.3 is 6.03 Å². The lowest BCUT2D eigenvalue weighted by Gasteiger charge is -2.36. The summed E-state index contributed by atoms with van der Waals surface area (Å²) in [5.74, 6) is -0.842. The number of Topliss-reactive ketones (excluding diaryl/α,β-unsaturated/α-hetero) is 1. The highest BCUT2D eigenvalue weighted by Gasteiger charge is 2.45. The molecule has 2 atom stereocenters. The van der Waals surface area contributed by atoms with E-state index in [0.717, 1.165) is 15.6 Å². The second-order valence-electron chi connectivity index (χ2n) is 11.9. The molecule has 0 radical (unpaired) electrons. The molecule has 0 saturated carbocycles. The van der Waals surface area contributed by atoms with Gasteiger partial charge in [-0.3, -0.25) is 24.3 Å². The number of halogens is 2. The summed E-state index contributed by atoms with van der Waals surface area (Å²) in [6.07, 6.45) is -0.457. The number of ketones is 1. The molecule has 4 amide bonds. The zero-order valence-electron chi connectivity index (χ0n) is 25.1. The van der Waals surface area contributed by atoms with Crippen LogP contribution in [0.5, 0.6) is 5.75 Å². The number of primary amides is 1. The molecule has 10 nitrogen and oxygen atoms in total. The van der Waals surface area contributed by atoms with Crippen LogP contribution in [0.1, 0.15) is 66.3 Å². The third-order valence-corrected chi connectivity index (χ3v) is 8.08. The van der Waals surface area contributed by atoms with E-state index in [1.165, 1.54) is 4.90 Å². The number of amides is 4. The van der Waals surface area contributed by atoms with Crippen LogP contribution in [0.3, 0.4) is 0 Å². The number of nitrogens with two attached hydrogens (primary N) is 1. The summed E-state index contributed by atoms with van der Waals surface area (Å²) in [6.45, 7) is 6.12. The second-order valence-corrected chi connectivity index (χ2v) is 13.2. The molecule has 0 spiro atoms. The summed E-state index contributed by atoms with van der Waals surface area (Å²) >= 11 is 9.77. The summed E-state index contributed by atoms with van der Waals surface area (Å²) in [5, 5.41) is 3.31. The second kappa shape index (κ2) is 13.0. The summed E-state index contributed by atoms with van der Waals surface area (Å²) in [4.78, 5) is 59.5. The maximum absolute atomic E-state index is 14.5. The van der Waals surface area contributed by atoms with Crippen molar-refractivity contribution < 1.29 is 23.9 Å². The number of benzene rings is 3. The number of hydrogen-bond donors (Lipinski definition) is 2. The Morgan fingerprint density at radius 3 is 2.33 bits per heavy atom. The van der Waals surface area contributed by atoms with Crippen LogP contribution in [0.25, 0.3) is 0 Å². The number of rotatable bonds is 7. The molecule has 0 aliphatic carbocycles. The largest absolute Gasteiger partial charge is 0.487 e. The Bertz CT molecular complexity index is 1670. The summed E-state index contributed by atoms with van der Waals surface area (Å²) < 4.78 is 7.25. The SMILES string of the molecule is CC(C)(C)Oc1cc(C(=O)CC(N)=O)ccc1C1=NC(c2ccc(Br)cc2)C(c2ccc(Cl)cc2)N1C(=O)N1CCNC(=O)C1. The van der Waals surface area contributed by atoms with Crippen molar-refractivity contribution in [3.63, 3.8) is 0 Å². The maximum Gasteiger partial charge on any atom is 0.326 e. The van der Waals surface area contributed by atoms with Gasteiger partial charge in [0.15, 0.2) is 5.78 Å². The first-order chi connectivity index (χ1) is 21.3. The highest BCUT2D eigenvalue weighted by Crippen LogP contribution is 2.46. The number of piperazine rings is 1. The molecule has 1 saturated heterocycles. The third kappa shape index (κ3) is 7.37. The van der Waals surface area contributed by atoms with E-state index in [0.29, 0.717) is 35.3 Å². The molecule has 2 heterocycles. The Balaban J connectivity index is 1.72. The molecular formula is C33H33BrClN5O5. The fraction of sp³-hybridized carbons (Fsp3) is 0.303. The highest BCUT2D eigenvalue weighted by atomic mass is 79.9. The maximum atomic E-state index is 14.5. The predicted octanol–water partition coefficient (Wildman–Crippen LogP) is 5.43. The summed E-state index contributed by atoms with van der Waals surface area (Å²) in [7, 11) is 0. The van der Waals surface area contributed by atoms with Crippen molar-refractivity contribution in [3.8, 4) is 5.75 Å². The normalized spacial score (nSPS) is 18.3. The number of carbonyl (C=O) groups excluding carboxylic acids is 4. The Hall–Kier alpha value is -4.22. The van der Waals surface area contributed by atoms with E-state index in [9.17, 15) is 19.2 Å². The third-order valence-electron chi connectivity index (χ3n) is 7.30. The van der Waals surface area contributed by atoms with Gasteiger partial charge in [-0.2, -0.15) is 0 Å². The van der Waals surface area contributed by atoms with Gasteiger partial charge < -0.3 is 20.7 Å². The van der Waals surface area contributed by atoms with E-state index in [-0.39, 0.29) is 18.0 Å². The lowest BCUT2D eigenvalue weighted by molar-refractivity contribution is -0.123. The number of aliphatic imine (C=N–C) groups is 1. The minimum Gasteiger partial charge on any atom is -0.487 e. The lowest BCUT2D eigenvalue weighted by Crippen LogP contribution is -2.55. The van der Waals surface area contributed by atoms with Gasteiger partial charge in [0.2, 0.25) is 11.8 Å². The van der Waals surface area contributed by atoms with Crippen molar-refractivity contribution >= 4 is 57.0 Å². The Labute approximate surface area is 274 Å². The standard InChI is InChI=1S/C33H33BrClN5O5/c1-33(2,3)45-26-16-21(25(41)17-27(36)42)8-13-24(26)31-38-29(19-4-9-22(34)10-5-19)30(20-6-11-23(35)12-7-20)40(31)32(44)39-15-14-37-28(43)18-39/h4-13,16,29-30H,14-15,17-18H2,1-3H3,(H2,36,42)(H,37,43). The topological polar surface area (TPSA) is 134 Å². The van der Waals surface area contributed by atoms with Crippen LogP contribution >= 0.6 is 27.5 Å². The van der Waals surface area contributed by atoms with Gasteiger partial charge in [-0.1, -0.05) is 57.9 Å². The molecular weight excluding hydrogens is 662 g/mol. The first-order valence-corrected chi connectivity index (χ1v) is 15.6. The van der Waals surface area contributed by atoms with E-state index in [2.05, 4.69) is 21.2 Å². The van der Waals surface area contributed by atoms with Crippen molar-refractivity contribution in [2.75, 3.05) is 19.6 Å². The molecule has 2 aliphatic rings. The van der Waals surface area contributed by atoms with Gasteiger partial charge in [-0.15, -0.1) is 0 Å². The van der Waals surface area contributed by atoms with Gasteiger partial charge in [0, 0.05) is 28.1 Å². The molecule has 12 heteroatoms. The number of nitrogens with one attached hydrogen (secondary N) is 1. The number of amidine groups is 1. The van der Waals surface area contributed by atoms with Crippen molar-refractivity contribution in [1.82, 2.24) is 15.1 Å². The van der Waals surface area contributed by atoms with Gasteiger partial charge in [-0.25, -0.2) is 4.79 Å². The van der Waals surface area contributed by atoms with Crippen molar-refractivity contribution in [3.05, 3.63) is 98.5 Å². The molecule has 0 bridgehead atoms. The molecule has 2 unspecified atom stereocenters. The zero-order chi connectivity index (χ0) is 32.5. The van der Waals surface area contributed by atoms with E-state index in [1.807, 2.05) is 57.2 Å². The van der Waals surface area contributed by atoms with E-state index >= 15 is 0 Å². The van der Waals surface area contributed by atoms with Crippen LogP contribution in [0, 0.1) is 0 Å². The fourth-order valence-electron chi connectivity index (χ4n) is 5.36. The fourth-order valence-corrected chi connectivity index (χ4v) is 5.75. The average Bonchev–Trinajstić information content (AvgIpc) is 3.36. The van der Waals surface area contributed by atoms with Gasteiger partial charge in [0.25, 0.3) is 0 Å². The number of urea groups is 1. The zero-order valence-corrected chi connectivity index (χ0v) is 27.4. The van der Waals surface area contributed by atoms with Crippen molar-refractivity contribution in [1.29, 1.82) is 0 Å². The Morgan fingerprint density at radius 1 is 1.04 bits per heavy atom. The molecule has 45 heavy (non-hydrogen) atoms. The Kier molecular flexibility index (Phi) is 9.31. The first kappa shape index (κ1) is 32.2. The first-order valence-electron chi connectivity index (χ1n) is 14.4. The van der Waals surface area contributed by atoms with Gasteiger partial charge in [-0.05, 0) is 68.3 Å². The lowest BCUT2D eigenvalue weighted by atomic mass is 9.93. The van der Waals surface area contributed by atoms with Crippen molar-refractivity contribution in [2.24, 2.45) is 10.7 Å². The number of hydrogen-bond acceptors (Lipinski definition) is 6. The smallest absolute Gasteiger partial charge is 0.326 e. The molecule has 234 valence electrons. The molecule has 1 fully saturated rings. The van der Waals surface area contributed by atoms with Crippen molar-refractivity contribution in [2.45, 2.75) is 44.9 Å². The molecule has 3 aromatic rings. The van der Waals surface area contributed by atoms with Crippen LogP contribution in [0.2, 0.25) is 5.02 Å². The van der Waals surface area contributed by atoms with E-state index in [4.69, 9.17) is 27.1 Å². The van der Waals surface area contributed by atoms with Crippen LogP contribution in [0.4, 0.5) is 4.79 Å². The van der Waals surface area contributed by atoms with Crippen LogP contribution in [-0.4, -0.2) is 64.5 Å². The molecule has 3 N–H and O–H groups in total.